The summed E-state index contributed by atoms with van der Waals surface area (Å²) in [6, 6.07) is -6.97. The average molecular weight is 660 g/mol. The zero-order chi connectivity index (χ0) is 35.4. The molecule has 0 aliphatic heterocycles. The summed E-state index contributed by atoms with van der Waals surface area (Å²) >= 11 is 0. The summed E-state index contributed by atoms with van der Waals surface area (Å²) in [7, 11) is 0. The fourth-order valence-electron chi connectivity index (χ4n) is 4.12. The highest BCUT2D eigenvalue weighted by Gasteiger charge is 2.33. The number of aliphatic imine (C=N–C) groups is 1. The van der Waals surface area contributed by atoms with Gasteiger partial charge in [-0.05, 0) is 57.4 Å². The van der Waals surface area contributed by atoms with E-state index in [4.69, 9.17) is 28.0 Å². The van der Waals surface area contributed by atoms with Crippen LogP contribution >= 0.6 is 0 Å². The molecule has 19 heteroatoms. The van der Waals surface area contributed by atoms with Crippen LogP contribution in [0.15, 0.2) is 4.99 Å². The van der Waals surface area contributed by atoms with Crippen LogP contribution in [0, 0.1) is 5.92 Å². The van der Waals surface area contributed by atoms with Gasteiger partial charge in [-0.25, -0.2) is 4.79 Å². The molecule has 0 aromatic carbocycles. The molecule has 0 saturated heterocycles. The number of nitrogens with zero attached hydrogens (tertiary/aromatic N) is 1. The predicted octanol–water partition coefficient (Wildman–Crippen LogP) is -3.09. The van der Waals surface area contributed by atoms with Crippen molar-refractivity contribution in [3.05, 3.63) is 0 Å². The summed E-state index contributed by atoms with van der Waals surface area (Å²) in [5, 5.41) is 37.3. The zero-order valence-corrected chi connectivity index (χ0v) is 26.2. The number of amides is 4. The molecular weight excluding hydrogens is 610 g/mol. The lowest BCUT2D eigenvalue weighted by molar-refractivity contribution is -0.143. The molecule has 0 aliphatic carbocycles. The second-order valence-electron chi connectivity index (χ2n) is 11.1. The summed E-state index contributed by atoms with van der Waals surface area (Å²) in [4.78, 5) is 90.3. The van der Waals surface area contributed by atoms with E-state index in [0.717, 1.165) is 0 Å². The van der Waals surface area contributed by atoms with E-state index in [1.54, 1.807) is 13.8 Å². The number of guanidine groups is 1. The van der Waals surface area contributed by atoms with Crippen LogP contribution in [0.1, 0.15) is 71.6 Å². The second-order valence-corrected chi connectivity index (χ2v) is 11.1. The normalized spacial score (nSPS) is 14.1. The van der Waals surface area contributed by atoms with Gasteiger partial charge in [0.15, 0.2) is 5.96 Å². The molecule has 0 bridgehead atoms. The van der Waals surface area contributed by atoms with Gasteiger partial charge in [-0.2, -0.15) is 0 Å². The molecule has 0 unspecified atom stereocenters. The highest BCUT2D eigenvalue weighted by atomic mass is 16.4. The van der Waals surface area contributed by atoms with E-state index < -0.39 is 91.0 Å². The van der Waals surface area contributed by atoms with Crippen molar-refractivity contribution in [2.75, 3.05) is 13.1 Å². The number of carboxylic acids is 3. The fourth-order valence-corrected chi connectivity index (χ4v) is 4.12. The smallest absolute Gasteiger partial charge is 0.326 e. The minimum absolute atomic E-state index is 0.0405. The number of carbonyl (C=O) groups excluding carboxylic acids is 4. The van der Waals surface area contributed by atoms with E-state index in [1.807, 2.05) is 0 Å². The summed E-state index contributed by atoms with van der Waals surface area (Å²) in [6.07, 6.45) is -0.435. The van der Waals surface area contributed by atoms with E-state index in [9.17, 15) is 43.8 Å². The topological polar surface area (TPSA) is 345 Å². The van der Waals surface area contributed by atoms with Crippen LogP contribution in [-0.4, -0.2) is 106 Å². The molecule has 0 radical (unpaired) electrons. The minimum Gasteiger partial charge on any atom is -0.481 e. The van der Waals surface area contributed by atoms with Gasteiger partial charge in [0, 0.05) is 13.0 Å². The minimum atomic E-state index is -1.76. The van der Waals surface area contributed by atoms with Gasteiger partial charge in [0.25, 0.3) is 0 Å². The van der Waals surface area contributed by atoms with Gasteiger partial charge >= 0.3 is 17.9 Å². The van der Waals surface area contributed by atoms with Gasteiger partial charge < -0.3 is 59.5 Å². The molecule has 0 aromatic heterocycles. The van der Waals surface area contributed by atoms with Crippen LogP contribution in [0.25, 0.3) is 0 Å². The lowest BCUT2D eigenvalue weighted by atomic mass is 10.0. The molecule has 0 spiro atoms. The molecule has 262 valence electrons. The van der Waals surface area contributed by atoms with Gasteiger partial charge in [0.05, 0.1) is 12.5 Å². The summed E-state index contributed by atoms with van der Waals surface area (Å²) < 4.78 is 0. The Bertz CT molecular complexity index is 1080. The molecule has 0 fully saturated rings. The maximum Gasteiger partial charge on any atom is 0.326 e. The van der Waals surface area contributed by atoms with Crippen LogP contribution in [0.3, 0.4) is 0 Å². The van der Waals surface area contributed by atoms with Crippen LogP contribution in [-0.2, 0) is 33.6 Å². The number of carbonyl (C=O) groups is 7. The predicted molar refractivity (Wildman–Crippen MR) is 165 cm³/mol. The molecule has 46 heavy (non-hydrogen) atoms. The highest BCUT2D eigenvalue weighted by molar-refractivity contribution is 5.96. The quantitative estimate of drug-likeness (QED) is 0.0278. The van der Waals surface area contributed by atoms with Gasteiger partial charge in [-0.15, -0.1) is 0 Å². The van der Waals surface area contributed by atoms with Gasteiger partial charge in [0.1, 0.15) is 24.2 Å². The van der Waals surface area contributed by atoms with Crippen molar-refractivity contribution in [2.45, 2.75) is 102 Å². The number of aliphatic carboxylic acids is 3. The third-order valence-corrected chi connectivity index (χ3v) is 6.50. The Morgan fingerprint density at radius 3 is 1.74 bits per heavy atom. The zero-order valence-electron chi connectivity index (χ0n) is 26.2. The number of hydrogen-bond donors (Lipinski definition) is 11. The molecule has 0 rings (SSSR count). The second kappa shape index (κ2) is 22.1. The van der Waals surface area contributed by atoms with Gasteiger partial charge in [-0.3, -0.25) is 33.8 Å². The molecule has 5 atom stereocenters. The number of unbranched alkanes of at least 4 members (excludes halogenated alkanes) is 1. The first-order valence-corrected chi connectivity index (χ1v) is 14.9. The lowest BCUT2D eigenvalue weighted by Crippen LogP contribution is -2.59. The van der Waals surface area contributed by atoms with Crippen LogP contribution in [0.2, 0.25) is 0 Å². The van der Waals surface area contributed by atoms with Crippen molar-refractivity contribution < 1.29 is 48.9 Å². The molecule has 19 nitrogen and oxygen atoms in total. The molecule has 0 aromatic rings. The van der Waals surface area contributed by atoms with Crippen molar-refractivity contribution in [3.8, 4) is 0 Å². The Hall–Kier alpha value is -4.52. The Labute approximate surface area is 266 Å². The van der Waals surface area contributed by atoms with E-state index >= 15 is 0 Å². The van der Waals surface area contributed by atoms with Crippen molar-refractivity contribution in [3.63, 3.8) is 0 Å². The third kappa shape index (κ3) is 18.3. The Morgan fingerprint density at radius 1 is 0.674 bits per heavy atom. The van der Waals surface area contributed by atoms with E-state index in [1.165, 1.54) is 0 Å². The number of nitrogens with two attached hydrogens (primary N) is 4. The van der Waals surface area contributed by atoms with Crippen molar-refractivity contribution in [2.24, 2.45) is 33.8 Å². The first kappa shape index (κ1) is 41.5. The molecule has 4 amide bonds. The summed E-state index contributed by atoms with van der Waals surface area (Å²) in [5.74, 6) is -8.20. The third-order valence-electron chi connectivity index (χ3n) is 6.50. The molecule has 15 N–H and O–H groups in total. The molecule has 0 saturated carbocycles. The number of nitrogens with one attached hydrogen (secondary N) is 4. The van der Waals surface area contributed by atoms with Crippen LogP contribution < -0.4 is 44.2 Å². The Morgan fingerprint density at radius 2 is 1.22 bits per heavy atom. The van der Waals surface area contributed by atoms with Gasteiger partial charge in [-0.1, -0.05) is 13.8 Å². The molecule has 0 aliphatic rings. The first-order chi connectivity index (χ1) is 21.5. The number of hydrogen-bond acceptors (Lipinski definition) is 10. The number of rotatable bonds is 24. The van der Waals surface area contributed by atoms with E-state index in [2.05, 4.69) is 26.3 Å². The number of carboxylic acid groups (broad SMARTS) is 3. The fraction of sp³-hybridized carbons (Fsp3) is 0.704. The summed E-state index contributed by atoms with van der Waals surface area (Å²) in [6.45, 7) is 3.98. The largest absolute Gasteiger partial charge is 0.481 e. The molecular formula is C27H49N9O10. The standard InChI is InChI=1S/C27H49N9O10/c1-14(2)12-18(24(43)34-17(26(45)46)7-3-4-10-28)35-25(44)19(13-21(39)40)36-23(42)16(8-9-20(37)38)33-22(41)15(29)6-5-11-32-27(30)31/h14-19H,3-13,28-29H2,1-2H3,(H,33,41)(H,34,43)(H,35,44)(H,36,42)(H,37,38)(H,39,40)(H,45,46)(H4,30,31,32)/t15-,16-,17-,18-,19-/m0/s1. The van der Waals surface area contributed by atoms with Gasteiger partial charge in [0.2, 0.25) is 23.6 Å². The average Bonchev–Trinajstić information content (AvgIpc) is 2.94. The maximum absolute atomic E-state index is 13.2. The maximum atomic E-state index is 13.2. The summed E-state index contributed by atoms with van der Waals surface area (Å²) in [5.41, 5.74) is 21.8. The first-order valence-electron chi connectivity index (χ1n) is 14.9. The van der Waals surface area contributed by atoms with E-state index in [0.29, 0.717) is 25.8 Å². The SMILES string of the molecule is CC(C)C[C@H](NC(=O)[C@H](CC(=O)O)NC(=O)[C@H](CCC(=O)O)NC(=O)[C@@H](N)CCCN=C(N)N)C(=O)N[C@@H](CCCCN)C(=O)O. The van der Waals surface area contributed by atoms with E-state index in [-0.39, 0.29) is 37.7 Å². The lowest BCUT2D eigenvalue weighted by Gasteiger charge is -2.26. The molecule has 0 heterocycles. The Kier molecular flexibility index (Phi) is 19.9. The van der Waals surface area contributed by atoms with Crippen molar-refractivity contribution in [1.29, 1.82) is 0 Å². The van der Waals surface area contributed by atoms with Crippen LogP contribution in [0.4, 0.5) is 0 Å². The monoisotopic (exact) mass is 659 g/mol. The van der Waals surface area contributed by atoms with Crippen molar-refractivity contribution in [1.82, 2.24) is 21.3 Å². The Balaban J connectivity index is 5.85. The van der Waals surface area contributed by atoms with Crippen molar-refractivity contribution >= 4 is 47.5 Å². The van der Waals surface area contributed by atoms with Crippen LogP contribution in [0.5, 0.6) is 0 Å². The highest BCUT2D eigenvalue weighted by Crippen LogP contribution is 2.09.